The van der Waals surface area contributed by atoms with Crippen LogP contribution in [0.15, 0.2) is 60.5 Å². The van der Waals surface area contributed by atoms with Gasteiger partial charge in [0.2, 0.25) is 5.78 Å². The summed E-state index contributed by atoms with van der Waals surface area (Å²) < 4.78 is 19.4. The number of benzene rings is 3. The summed E-state index contributed by atoms with van der Waals surface area (Å²) in [5.74, 6) is 1.98. The molecule has 0 atom stereocenters. The molecule has 0 spiro atoms. The average molecular weight is 494 g/mol. The Balaban J connectivity index is 1.44. The molecule has 0 fully saturated rings. The van der Waals surface area contributed by atoms with E-state index in [1.54, 1.807) is 37.5 Å². The fraction of sp³-hybridized carbons (Fsp3) is 0.148. The molecule has 3 aromatic carbocycles. The molecule has 1 aliphatic heterocycles. The van der Waals surface area contributed by atoms with E-state index in [0.717, 1.165) is 33.3 Å². The summed E-state index contributed by atoms with van der Waals surface area (Å²) in [5.41, 5.74) is 3.98. The van der Waals surface area contributed by atoms with Gasteiger partial charge in [-0.3, -0.25) is 4.79 Å². The number of allylic oxidation sites excluding steroid dienone is 1. The number of Topliss-reactive ketones (excluding diaryl/α,β-unsaturated/α-hetero) is 1. The number of halogens is 2. The number of carbonyl (C=O) groups is 1. The van der Waals surface area contributed by atoms with Crippen LogP contribution in [0.4, 0.5) is 0 Å². The number of ketones is 1. The highest BCUT2D eigenvalue weighted by Crippen LogP contribution is 2.40. The summed E-state index contributed by atoms with van der Waals surface area (Å²) in [6.45, 7) is 2.14. The van der Waals surface area contributed by atoms with Crippen LogP contribution < -0.4 is 14.2 Å². The highest BCUT2D eigenvalue weighted by Gasteiger charge is 2.30. The molecule has 2 heterocycles. The zero-order chi connectivity index (χ0) is 24.0. The van der Waals surface area contributed by atoms with E-state index in [0.29, 0.717) is 27.1 Å². The van der Waals surface area contributed by atoms with Crippen LogP contribution in [-0.2, 0) is 13.7 Å². The van der Waals surface area contributed by atoms with E-state index in [9.17, 15) is 4.79 Å². The number of aryl methyl sites for hydroxylation is 1. The molecule has 4 aromatic rings. The van der Waals surface area contributed by atoms with E-state index in [2.05, 4.69) is 0 Å². The maximum Gasteiger partial charge on any atom is 0.231 e. The Hall–Kier alpha value is -3.41. The van der Waals surface area contributed by atoms with Crippen molar-refractivity contribution >= 4 is 46.0 Å². The highest BCUT2D eigenvalue weighted by atomic mass is 35.5. The lowest BCUT2D eigenvalue weighted by molar-refractivity contribution is 0.101. The van der Waals surface area contributed by atoms with Crippen LogP contribution in [0.1, 0.15) is 27.0 Å². The second-order valence-corrected chi connectivity index (χ2v) is 8.95. The molecule has 0 unspecified atom stereocenters. The van der Waals surface area contributed by atoms with Gasteiger partial charge in [-0.2, -0.15) is 0 Å². The zero-order valence-corrected chi connectivity index (χ0v) is 20.3. The minimum atomic E-state index is -0.162. The van der Waals surface area contributed by atoms with Gasteiger partial charge in [0.25, 0.3) is 0 Å². The number of aromatic nitrogens is 1. The molecule has 0 radical (unpaired) electrons. The van der Waals surface area contributed by atoms with Crippen LogP contribution in [0.5, 0.6) is 17.2 Å². The summed E-state index contributed by atoms with van der Waals surface area (Å²) in [6, 6.07) is 14.6. The first kappa shape index (κ1) is 22.4. The SMILES string of the molecule is COc1ccc2c(c1)c(C=C1Oc3c(ccc(OCc4ccc(Cl)cc4Cl)c3C)C1=O)cn2C. The molecule has 0 saturated heterocycles. The van der Waals surface area contributed by atoms with Crippen molar-refractivity contribution in [3.63, 3.8) is 0 Å². The van der Waals surface area contributed by atoms with Gasteiger partial charge < -0.3 is 18.8 Å². The Morgan fingerprint density at radius 1 is 1.09 bits per heavy atom. The molecule has 34 heavy (non-hydrogen) atoms. The normalized spacial score (nSPS) is 13.9. The highest BCUT2D eigenvalue weighted by molar-refractivity contribution is 6.35. The topological polar surface area (TPSA) is 49.7 Å². The van der Waals surface area contributed by atoms with Gasteiger partial charge in [-0.1, -0.05) is 29.3 Å². The van der Waals surface area contributed by atoms with Crippen molar-refractivity contribution in [3.05, 3.63) is 92.8 Å². The summed E-state index contributed by atoms with van der Waals surface area (Å²) in [7, 11) is 3.59. The van der Waals surface area contributed by atoms with E-state index in [-0.39, 0.29) is 18.1 Å². The number of hydrogen-bond acceptors (Lipinski definition) is 4. The molecule has 5 nitrogen and oxygen atoms in total. The molecular weight excluding hydrogens is 473 g/mol. The van der Waals surface area contributed by atoms with Crippen LogP contribution >= 0.6 is 23.2 Å². The fourth-order valence-corrected chi connectivity index (χ4v) is 4.57. The predicted molar refractivity (Wildman–Crippen MR) is 134 cm³/mol. The van der Waals surface area contributed by atoms with Crippen molar-refractivity contribution in [1.82, 2.24) is 4.57 Å². The third-order valence-corrected chi connectivity index (χ3v) is 6.54. The Morgan fingerprint density at radius 2 is 1.91 bits per heavy atom. The second-order valence-electron chi connectivity index (χ2n) is 8.11. The molecule has 0 amide bonds. The van der Waals surface area contributed by atoms with Gasteiger partial charge in [-0.25, -0.2) is 0 Å². The summed E-state index contributed by atoms with van der Waals surface area (Å²) >= 11 is 12.2. The Labute approximate surface area is 207 Å². The van der Waals surface area contributed by atoms with E-state index in [1.165, 1.54) is 0 Å². The third-order valence-electron chi connectivity index (χ3n) is 5.95. The maximum atomic E-state index is 13.1. The lowest BCUT2D eigenvalue weighted by Gasteiger charge is -2.12. The molecule has 172 valence electrons. The van der Waals surface area contributed by atoms with Crippen molar-refractivity contribution < 1.29 is 19.0 Å². The molecule has 0 saturated carbocycles. The van der Waals surface area contributed by atoms with Crippen LogP contribution in [-0.4, -0.2) is 17.5 Å². The van der Waals surface area contributed by atoms with Crippen LogP contribution in [0.2, 0.25) is 10.0 Å². The van der Waals surface area contributed by atoms with Crippen molar-refractivity contribution in [2.45, 2.75) is 13.5 Å². The molecule has 5 rings (SSSR count). The first-order valence-corrected chi connectivity index (χ1v) is 11.4. The van der Waals surface area contributed by atoms with Gasteiger partial charge in [-0.15, -0.1) is 0 Å². The second kappa shape index (κ2) is 8.75. The van der Waals surface area contributed by atoms with E-state index in [1.807, 2.05) is 49.0 Å². The van der Waals surface area contributed by atoms with Crippen LogP contribution in [0.25, 0.3) is 17.0 Å². The van der Waals surface area contributed by atoms with Gasteiger partial charge in [-0.05, 0) is 55.5 Å². The van der Waals surface area contributed by atoms with Crippen LogP contribution in [0.3, 0.4) is 0 Å². The molecule has 7 heteroatoms. The third kappa shape index (κ3) is 3.91. The number of nitrogens with zero attached hydrogens (tertiary/aromatic N) is 1. The predicted octanol–water partition coefficient (Wildman–Crippen LogP) is 7.00. The molecule has 0 bridgehead atoms. The van der Waals surface area contributed by atoms with Gasteiger partial charge in [0.15, 0.2) is 5.76 Å². The minimum Gasteiger partial charge on any atom is -0.497 e. The number of ether oxygens (including phenoxy) is 3. The molecule has 0 aliphatic carbocycles. The largest absolute Gasteiger partial charge is 0.497 e. The fourth-order valence-electron chi connectivity index (χ4n) is 4.10. The van der Waals surface area contributed by atoms with Crippen LogP contribution in [0, 0.1) is 6.92 Å². The molecular formula is C27H21Cl2NO4. The molecule has 1 aliphatic rings. The first-order valence-electron chi connectivity index (χ1n) is 10.6. The lowest BCUT2D eigenvalue weighted by atomic mass is 10.1. The maximum absolute atomic E-state index is 13.1. The van der Waals surface area contributed by atoms with E-state index < -0.39 is 0 Å². The van der Waals surface area contributed by atoms with Crippen molar-refractivity contribution in [2.75, 3.05) is 7.11 Å². The summed E-state index contributed by atoms with van der Waals surface area (Å²) in [6.07, 6.45) is 3.74. The van der Waals surface area contributed by atoms with Crippen molar-refractivity contribution in [2.24, 2.45) is 7.05 Å². The Morgan fingerprint density at radius 3 is 2.68 bits per heavy atom. The monoisotopic (exact) mass is 493 g/mol. The Bertz CT molecular complexity index is 1490. The molecule has 0 N–H and O–H groups in total. The van der Waals surface area contributed by atoms with E-state index >= 15 is 0 Å². The number of rotatable bonds is 5. The lowest BCUT2D eigenvalue weighted by Crippen LogP contribution is -1.99. The quantitative estimate of drug-likeness (QED) is 0.281. The first-order chi connectivity index (χ1) is 16.4. The van der Waals surface area contributed by atoms with Gasteiger partial charge in [0.05, 0.1) is 12.7 Å². The smallest absolute Gasteiger partial charge is 0.231 e. The number of hydrogen-bond donors (Lipinski definition) is 0. The van der Waals surface area contributed by atoms with Gasteiger partial charge in [0, 0.05) is 50.9 Å². The molecule has 1 aromatic heterocycles. The van der Waals surface area contributed by atoms with E-state index in [4.69, 9.17) is 37.4 Å². The average Bonchev–Trinajstić information content (AvgIpc) is 3.31. The zero-order valence-electron chi connectivity index (χ0n) is 18.8. The number of carbonyl (C=O) groups excluding carboxylic acids is 1. The number of fused-ring (bicyclic) bond motifs is 2. The van der Waals surface area contributed by atoms with Gasteiger partial charge >= 0.3 is 0 Å². The summed E-state index contributed by atoms with van der Waals surface area (Å²) in [5, 5.41) is 2.08. The number of methoxy groups -OCH3 is 1. The van der Waals surface area contributed by atoms with Crippen molar-refractivity contribution in [3.8, 4) is 17.2 Å². The Kier molecular flexibility index (Phi) is 5.76. The standard InChI is InChI=1S/C27H21Cl2NO4/c1-15-24(33-14-16-4-5-18(28)11-22(16)29)9-7-20-26(31)25(34-27(15)20)10-17-13-30(2)23-8-6-19(32-3)12-21(17)23/h4-13H,14H2,1-3H3. The summed E-state index contributed by atoms with van der Waals surface area (Å²) in [4.78, 5) is 13.1. The van der Waals surface area contributed by atoms with Gasteiger partial charge in [0.1, 0.15) is 23.9 Å². The van der Waals surface area contributed by atoms with Crippen molar-refractivity contribution in [1.29, 1.82) is 0 Å². The minimum absolute atomic E-state index is 0.162.